The van der Waals surface area contributed by atoms with Gasteiger partial charge in [-0.25, -0.2) is 4.79 Å². The van der Waals surface area contributed by atoms with Crippen molar-refractivity contribution in [2.45, 2.75) is 116 Å². The van der Waals surface area contributed by atoms with Crippen LogP contribution >= 0.6 is 0 Å². The lowest BCUT2D eigenvalue weighted by molar-refractivity contribution is -0.137. The zero-order valence-corrected chi connectivity index (χ0v) is 36.2. The van der Waals surface area contributed by atoms with Gasteiger partial charge in [-0.15, -0.1) is 0 Å². The Labute approximate surface area is 364 Å². The molecule has 0 bridgehead atoms. The highest BCUT2D eigenvalue weighted by molar-refractivity contribution is 5.81. The monoisotopic (exact) mass is 816 g/mol. The number of benzene rings is 5. The second-order valence-electron chi connectivity index (χ2n) is 16.5. The highest BCUT2D eigenvalue weighted by Crippen LogP contribution is 2.38. The van der Waals surface area contributed by atoms with Gasteiger partial charge in [-0.2, -0.15) is 20.5 Å². The van der Waals surface area contributed by atoms with E-state index in [1.54, 1.807) is 0 Å². The minimum absolute atomic E-state index is 0.315. The molecule has 1 aliphatic rings. The van der Waals surface area contributed by atoms with Gasteiger partial charge in [0.1, 0.15) is 5.75 Å². The third-order valence-corrected chi connectivity index (χ3v) is 11.8. The molecule has 1 saturated carbocycles. The lowest BCUT2D eigenvalue weighted by Crippen LogP contribution is -2.13. The molecule has 0 aliphatic heterocycles. The molecule has 0 spiro atoms. The van der Waals surface area contributed by atoms with Crippen LogP contribution in [0.25, 0.3) is 11.1 Å². The van der Waals surface area contributed by atoms with Crippen molar-refractivity contribution in [3.8, 4) is 16.9 Å². The fourth-order valence-corrected chi connectivity index (χ4v) is 8.10. The van der Waals surface area contributed by atoms with Crippen LogP contribution in [0.1, 0.15) is 119 Å². The molecule has 1 fully saturated rings. The topological polar surface area (TPSA) is 85.0 Å². The molecule has 0 saturated heterocycles. The third kappa shape index (κ3) is 15.7. The average molecular weight is 817 g/mol. The molecule has 61 heavy (non-hydrogen) atoms. The summed E-state index contributed by atoms with van der Waals surface area (Å²) in [5, 5.41) is 17.5. The van der Waals surface area contributed by atoms with Gasteiger partial charge in [-0.05, 0) is 165 Å². The molecule has 7 heteroatoms. The van der Waals surface area contributed by atoms with Gasteiger partial charge in [-0.1, -0.05) is 113 Å². The van der Waals surface area contributed by atoms with Crippen LogP contribution in [0.2, 0.25) is 0 Å². The summed E-state index contributed by atoms with van der Waals surface area (Å²) in [4.78, 5) is 11.1. The fraction of sp³-hybridized carbons (Fsp3) is 0.389. The Morgan fingerprint density at radius 2 is 1.02 bits per heavy atom. The number of aryl methyl sites for hydroxylation is 2. The van der Waals surface area contributed by atoms with Crippen LogP contribution in [0.5, 0.6) is 5.75 Å². The summed E-state index contributed by atoms with van der Waals surface area (Å²) < 4.78 is 10.7. The molecule has 0 heterocycles. The van der Waals surface area contributed by atoms with Crippen LogP contribution in [0, 0.1) is 5.92 Å². The van der Waals surface area contributed by atoms with Gasteiger partial charge in [0, 0.05) is 6.08 Å². The highest BCUT2D eigenvalue weighted by atomic mass is 16.5. The summed E-state index contributed by atoms with van der Waals surface area (Å²) in [6, 6.07) is 42.3. The van der Waals surface area contributed by atoms with Crippen molar-refractivity contribution in [2.75, 3.05) is 13.2 Å². The van der Waals surface area contributed by atoms with Crippen molar-refractivity contribution in [3.05, 3.63) is 151 Å². The maximum Gasteiger partial charge on any atom is 0.330 e. The summed E-state index contributed by atoms with van der Waals surface area (Å²) in [5.41, 5.74) is 10.0. The summed E-state index contributed by atoms with van der Waals surface area (Å²) in [5.74, 6) is 2.09. The summed E-state index contributed by atoms with van der Waals surface area (Å²) in [7, 11) is 0. The molecule has 7 nitrogen and oxygen atoms in total. The summed E-state index contributed by atoms with van der Waals surface area (Å²) >= 11 is 0. The minimum Gasteiger partial charge on any atom is -0.494 e. The number of carbonyl (C=O) groups is 1. The molecule has 0 aromatic heterocycles. The van der Waals surface area contributed by atoms with E-state index in [0.717, 1.165) is 66.5 Å². The van der Waals surface area contributed by atoms with E-state index in [2.05, 4.69) is 94.6 Å². The normalized spacial score (nSPS) is 15.3. The van der Waals surface area contributed by atoms with Crippen molar-refractivity contribution in [1.29, 1.82) is 0 Å². The van der Waals surface area contributed by atoms with Crippen molar-refractivity contribution >= 4 is 28.7 Å². The zero-order valence-electron chi connectivity index (χ0n) is 36.2. The Morgan fingerprint density at radius 3 is 1.54 bits per heavy atom. The molecule has 0 N–H and O–H groups in total. The maximum absolute atomic E-state index is 11.1. The summed E-state index contributed by atoms with van der Waals surface area (Å²) in [6.45, 7) is 6.75. The van der Waals surface area contributed by atoms with E-state index >= 15 is 0 Å². The molecule has 318 valence electrons. The molecule has 0 radical (unpaired) electrons. The molecule has 5 aromatic carbocycles. The van der Waals surface area contributed by atoms with Gasteiger partial charge in [0.05, 0.1) is 36.0 Å². The first-order chi connectivity index (χ1) is 30.0. The second-order valence-corrected chi connectivity index (χ2v) is 16.5. The van der Waals surface area contributed by atoms with Gasteiger partial charge in [0.25, 0.3) is 0 Å². The van der Waals surface area contributed by atoms with E-state index in [-0.39, 0.29) is 5.97 Å². The number of hydrogen-bond acceptors (Lipinski definition) is 7. The van der Waals surface area contributed by atoms with E-state index in [4.69, 9.17) is 9.47 Å². The molecule has 1 aliphatic carbocycles. The Balaban J connectivity index is 0.817. The number of azo groups is 2. The Bertz CT molecular complexity index is 2080. The largest absolute Gasteiger partial charge is 0.494 e. The molecule has 6 rings (SSSR count). The first-order valence-electron chi connectivity index (χ1n) is 22.8. The molecular formula is C54H64N4O3. The Hall–Kier alpha value is -5.69. The van der Waals surface area contributed by atoms with Crippen molar-refractivity contribution in [1.82, 2.24) is 0 Å². The Morgan fingerprint density at radius 1 is 0.557 bits per heavy atom. The lowest BCUT2D eigenvalue weighted by Gasteiger charge is -2.29. The summed E-state index contributed by atoms with van der Waals surface area (Å²) in [6.07, 6.45) is 20.5. The van der Waals surface area contributed by atoms with Crippen molar-refractivity contribution < 1.29 is 14.3 Å². The van der Waals surface area contributed by atoms with Gasteiger partial charge in [0.2, 0.25) is 0 Å². The number of nitrogens with zero attached hydrogens (tertiary/aromatic N) is 4. The van der Waals surface area contributed by atoms with Crippen LogP contribution in [0.4, 0.5) is 22.7 Å². The molecular weight excluding hydrogens is 753 g/mol. The van der Waals surface area contributed by atoms with Gasteiger partial charge >= 0.3 is 5.97 Å². The first-order valence-corrected chi connectivity index (χ1v) is 22.8. The van der Waals surface area contributed by atoms with Crippen LogP contribution in [-0.2, 0) is 22.4 Å². The van der Waals surface area contributed by atoms with E-state index in [0.29, 0.717) is 19.1 Å². The highest BCUT2D eigenvalue weighted by Gasteiger charge is 2.22. The molecule has 5 aromatic rings. The lowest BCUT2D eigenvalue weighted by atomic mass is 9.77. The number of rotatable bonds is 24. The minimum atomic E-state index is -0.315. The smallest absolute Gasteiger partial charge is 0.330 e. The number of unbranched alkanes of at least 4 members (excludes halogenated alkanes) is 6. The first kappa shape index (κ1) is 44.9. The van der Waals surface area contributed by atoms with Gasteiger partial charge in [0.15, 0.2) is 0 Å². The second kappa shape index (κ2) is 25.2. The number of ether oxygens (including phenoxy) is 2. The third-order valence-electron chi connectivity index (χ3n) is 11.8. The van der Waals surface area contributed by atoms with Crippen LogP contribution in [0.15, 0.2) is 154 Å². The van der Waals surface area contributed by atoms with E-state index in [1.165, 1.54) is 105 Å². The molecule has 0 atom stereocenters. The molecule has 0 amide bonds. The maximum atomic E-state index is 11.1. The van der Waals surface area contributed by atoms with Crippen molar-refractivity contribution in [3.63, 3.8) is 0 Å². The average Bonchev–Trinajstić information content (AvgIpc) is 3.31. The van der Waals surface area contributed by atoms with Gasteiger partial charge < -0.3 is 9.47 Å². The van der Waals surface area contributed by atoms with Crippen LogP contribution < -0.4 is 4.74 Å². The Kier molecular flexibility index (Phi) is 18.5. The quantitative estimate of drug-likeness (QED) is 0.0269. The number of hydrogen-bond donors (Lipinski definition) is 0. The predicted octanol–water partition coefficient (Wildman–Crippen LogP) is 16.3. The predicted molar refractivity (Wildman–Crippen MR) is 250 cm³/mol. The SMILES string of the molecule is C=CC(=O)OCCCCCCC1CCC(c2ccc(-c3ccc(CCCCCCc4ccc(N=Nc5ccc(N=Nc6ccc(OCCC)cc6)cc5)cc4)cc3)cc2)CC1. The van der Waals surface area contributed by atoms with E-state index < -0.39 is 0 Å². The van der Waals surface area contributed by atoms with Gasteiger partial charge in [-0.3, -0.25) is 0 Å². The fourth-order valence-electron chi connectivity index (χ4n) is 8.10. The van der Waals surface area contributed by atoms with Crippen LogP contribution in [-0.4, -0.2) is 19.2 Å². The van der Waals surface area contributed by atoms with E-state index in [1.807, 2.05) is 60.7 Å². The zero-order chi connectivity index (χ0) is 42.3. The molecule has 0 unspecified atom stereocenters. The number of esters is 1. The number of carbonyl (C=O) groups excluding carboxylic acids is 1. The van der Waals surface area contributed by atoms with Crippen LogP contribution in [0.3, 0.4) is 0 Å². The van der Waals surface area contributed by atoms with Crippen molar-refractivity contribution in [2.24, 2.45) is 26.4 Å². The standard InChI is InChI=1S/C54H64N4O3/c1-3-40-60-53-38-36-52(37-39-53)58-57-51-34-32-50(33-35-51)56-55-49-30-20-44(21-31-49)15-10-6-5-9-13-42-16-22-45(23-17-42)47-26-28-48(29-27-47)46-24-18-43(19-25-46)14-11-7-8-12-41-61-54(59)4-2/h4,16-17,20-23,26-39,43,46H,2-3,5-15,18-19,24-25,40-41H2,1H3. The van der Waals surface area contributed by atoms with E-state index in [9.17, 15) is 4.79 Å².